The second-order valence-corrected chi connectivity index (χ2v) is 5.35. The predicted molar refractivity (Wildman–Crippen MR) is 73.2 cm³/mol. The Morgan fingerprint density at radius 3 is 2.94 bits per heavy atom. The van der Waals surface area contributed by atoms with Gasteiger partial charge < -0.3 is 0 Å². The zero-order valence-corrected chi connectivity index (χ0v) is 11.6. The Labute approximate surface area is 113 Å². The van der Waals surface area contributed by atoms with Crippen LogP contribution in [0.15, 0.2) is 18.2 Å². The Hall–Kier alpha value is -1.46. The molecule has 0 atom stereocenters. The van der Waals surface area contributed by atoms with Crippen LogP contribution in [0.25, 0.3) is 15.5 Å². The molecule has 2 heterocycles. The first kappa shape index (κ1) is 11.6. The molecule has 0 saturated heterocycles. The lowest BCUT2D eigenvalue weighted by Gasteiger charge is -2.02. The zero-order valence-electron chi connectivity index (χ0n) is 10.0. The highest BCUT2D eigenvalue weighted by atomic mass is 35.5. The molecule has 0 saturated carbocycles. The van der Waals surface area contributed by atoms with Crippen LogP contribution < -0.4 is 0 Å². The van der Waals surface area contributed by atoms with E-state index in [1.54, 1.807) is 4.52 Å². The summed E-state index contributed by atoms with van der Waals surface area (Å²) in [7, 11) is 0. The fraction of sp³-hybridized carbons (Fsp3) is 0.250. The molecule has 0 N–H and O–H groups in total. The number of rotatable bonds is 2. The molecule has 6 heteroatoms. The highest BCUT2D eigenvalue weighted by Gasteiger charge is 2.13. The van der Waals surface area contributed by atoms with Gasteiger partial charge in [0.15, 0.2) is 5.82 Å². The molecule has 0 spiro atoms. The van der Waals surface area contributed by atoms with Crippen LogP contribution in [0.2, 0.25) is 5.02 Å². The van der Waals surface area contributed by atoms with Crippen molar-refractivity contribution in [2.24, 2.45) is 0 Å². The summed E-state index contributed by atoms with van der Waals surface area (Å²) in [4.78, 5) is 0.821. The number of nitrogens with zero attached hydrogens (tertiary/aromatic N) is 4. The third-order valence-corrected chi connectivity index (χ3v) is 4.21. The first-order valence-electron chi connectivity index (χ1n) is 5.67. The second kappa shape index (κ2) is 4.33. The summed E-state index contributed by atoms with van der Waals surface area (Å²) in [6, 6.07) is 5.85. The summed E-state index contributed by atoms with van der Waals surface area (Å²) in [5, 5.41) is 14.5. The lowest BCUT2D eigenvalue weighted by atomic mass is 10.1. The molecule has 1 aromatic carbocycles. The monoisotopic (exact) mass is 278 g/mol. The minimum absolute atomic E-state index is 0.759. The van der Waals surface area contributed by atoms with Gasteiger partial charge in [-0.25, -0.2) is 0 Å². The van der Waals surface area contributed by atoms with Crippen molar-refractivity contribution in [1.82, 2.24) is 19.8 Å². The Morgan fingerprint density at radius 2 is 2.17 bits per heavy atom. The van der Waals surface area contributed by atoms with Crippen LogP contribution in [0, 0.1) is 6.92 Å². The van der Waals surface area contributed by atoms with E-state index in [-0.39, 0.29) is 0 Å². The van der Waals surface area contributed by atoms with Crippen LogP contribution in [0.3, 0.4) is 0 Å². The summed E-state index contributed by atoms with van der Waals surface area (Å²) >= 11 is 7.67. The van der Waals surface area contributed by atoms with E-state index in [0.29, 0.717) is 0 Å². The molecule has 4 nitrogen and oxygen atoms in total. The lowest BCUT2D eigenvalue weighted by Crippen LogP contribution is -1.93. The second-order valence-electron chi connectivity index (χ2n) is 3.98. The molecule has 0 aliphatic carbocycles. The van der Waals surface area contributed by atoms with Crippen molar-refractivity contribution in [2.75, 3.05) is 0 Å². The summed E-state index contributed by atoms with van der Waals surface area (Å²) in [6.07, 6.45) is 0.818. The van der Waals surface area contributed by atoms with Crippen LogP contribution in [-0.2, 0) is 6.42 Å². The summed E-state index contributed by atoms with van der Waals surface area (Å²) in [6.45, 7) is 4.04. The van der Waals surface area contributed by atoms with Gasteiger partial charge in [0.2, 0.25) is 4.96 Å². The summed E-state index contributed by atoms with van der Waals surface area (Å²) < 4.78 is 1.81. The maximum Gasteiger partial charge on any atom is 0.234 e. The maximum atomic E-state index is 6.14. The SMILES string of the molecule is CCc1nnc2sc(-c3cccc(Cl)c3C)nn12. The standard InChI is InChI=1S/C12H11ClN4S/c1-3-10-14-15-12-17(10)16-11(18-12)8-5-4-6-9(13)7(8)2/h4-6H,3H2,1-2H3. The highest BCUT2D eigenvalue weighted by Crippen LogP contribution is 2.31. The molecule has 3 aromatic rings. The smallest absolute Gasteiger partial charge is 0.187 e. The van der Waals surface area contributed by atoms with E-state index in [1.807, 2.05) is 32.0 Å². The van der Waals surface area contributed by atoms with E-state index in [1.165, 1.54) is 11.3 Å². The largest absolute Gasteiger partial charge is 0.234 e. The van der Waals surface area contributed by atoms with Crippen molar-refractivity contribution < 1.29 is 0 Å². The van der Waals surface area contributed by atoms with E-state index in [4.69, 9.17) is 11.6 Å². The topological polar surface area (TPSA) is 43.1 Å². The third kappa shape index (κ3) is 1.71. The van der Waals surface area contributed by atoms with Crippen LogP contribution in [0.4, 0.5) is 0 Å². The molecule has 18 heavy (non-hydrogen) atoms. The number of benzene rings is 1. The molecule has 92 valence electrons. The van der Waals surface area contributed by atoms with Gasteiger partial charge in [-0.1, -0.05) is 42.0 Å². The minimum Gasteiger partial charge on any atom is -0.187 e. The molecule has 0 aliphatic heterocycles. The predicted octanol–water partition coefficient (Wildman–Crippen LogP) is 3.38. The number of aryl methyl sites for hydroxylation is 1. The molecule has 0 fully saturated rings. The van der Waals surface area contributed by atoms with E-state index in [2.05, 4.69) is 15.3 Å². The fourth-order valence-electron chi connectivity index (χ4n) is 1.83. The molecular formula is C12H11ClN4S. The number of halogens is 1. The molecule has 0 amide bonds. The Morgan fingerprint density at radius 1 is 1.33 bits per heavy atom. The van der Waals surface area contributed by atoms with Crippen molar-refractivity contribution in [2.45, 2.75) is 20.3 Å². The number of hydrogen-bond acceptors (Lipinski definition) is 4. The average Bonchev–Trinajstić information content (AvgIpc) is 2.92. The Kier molecular flexibility index (Phi) is 2.80. The fourth-order valence-corrected chi connectivity index (χ4v) is 2.94. The highest BCUT2D eigenvalue weighted by molar-refractivity contribution is 7.19. The Bertz CT molecular complexity index is 716. The van der Waals surface area contributed by atoms with E-state index >= 15 is 0 Å². The molecule has 3 rings (SSSR count). The van der Waals surface area contributed by atoms with Gasteiger partial charge in [-0.3, -0.25) is 0 Å². The lowest BCUT2D eigenvalue weighted by molar-refractivity contribution is 0.837. The molecule has 0 unspecified atom stereocenters. The van der Waals surface area contributed by atoms with Crippen molar-refractivity contribution >= 4 is 27.9 Å². The van der Waals surface area contributed by atoms with Gasteiger partial charge in [0.05, 0.1) is 0 Å². The minimum atomic E-state index is 0.759. The van der Waals surface area contributed by atoms with Gasteiger partial charge in [0.25, 0.3) is 0 Å². The third-order valence-electron chi connectivity index (χ3n) is 2.87. The normalized spacial score (nSPS) is 11.3. The Balaban J connectivity index is 2.19. The zero-order chi connectivity index (χ0) is 12.7. The summed E-state index contributed by atoms with van der Waals surface area (Å²) in [5.74, 6) is 0.882. The van der Waals surface area contributed by atoms with Crippen LogP contribution in [0.5, 0.6) is 0 Å². The summed E-state index contributed by atoms with van der Waals surface area (Å²) in [5.41, 5.74) is 2.10. The van der Waals surface area contributed by atoms with E-state index in [9.17, 15) is 0 Å². The quantitative estimate of drug-likeness (QED) is 0.722. The molecule has 0 radical (unpaired) electrons. The van der Waals surface area contributed by atoms with Crippen molar-refractivity contribution in [3.63, 3.8) is 0 Å². The van der Waals surface area contributed by atoms with Crippen molar-refractivity contribution in [1.29, 1.82) is 0 Å². The molecule has 2 aromatic heterocycles. The first-order chi connectivity index (χ1) is 8.70. The van der Waals surface area contributed by atoms with Gasteiger partial charge in [-0.05, 0) is 18.6 Å². The average molecular weight is 279 g/mol. The van der Waals surface area contributed by atoms with Gasteiger partial charge >= 0.3 is 0 Å². The van der Waals surface area contributed by atoms with Crippen molar-refractivity contribution in [3.8, 4) is 10.6 Å². The molecule has 0 aliphatic rings. The van der Waals surface area contributed by atoms with Gasteiger partial charge in [0, 0.05) is 17.0 Å². The van der Waals surface area contributed by atoms with Crippen LogP contribution in [0.1, 0.15) is 18.3 Å². The van der Waals surface area contributed by atoms with Gasteiger partial charge in [-0.15, -0.1) is 10.2 Å². The molecule has 0 bridgehead atoms. The first-order valence-corrected chi connectivity index (χ1v) is 6.86. The van der Waals surface area contributed by atoms with Gasteiger partial charge in [0.1, 0.15) is 5.01 Å². The van der Waals surface area contributed by atoms with E-state index < -0.39 is 0 Å². The number of fused-ring (bicyclic) bond motifs is 1. The van der Waals surface area contributed by atoms with Crippen LogP contribution >= 0.6 is 22.9 Å². The number of aromatic nitrogens is 4. The maximum absolute atomic E-state index is 6.14. The molecular weight excluding hydrogens is 268 g/mol. The van der Waals surface area contributed by atoms with Crippen molar-refractivity contribution in [3.05, 3.63) is 34.6 Å². The van der Waals surface area contributed by atoms with Crippen LogP contribution in [-0.4, -0.2) is 19.8 Å². The van der Waals surface area contributed by atoms with E-state index in [0.717, 1.165) is 38.4 Å². The van der Waals surface area contributed by atoms with Gasteiger partial charge in [-0.2, -0.15) is 9.61 Å². The number of hydrogen-bond donors (Lipinski definition) is 0.